The van der Waals surface area contributed by atoms with Crippen LogP contribution in [0.25, 0.3) is 10.9 Å². The summed E-state index contributed by atoms with van der Waals surface area (Å²) in [5.41, 5.74) is 1.10. The third-order valence-electron chi connectivity index (χ3n) is 5.46. The number of hydrogen-bond donors (Lipinski definition) is 0. The summed E-state index contributed by atoms with van der Waals surface area (Å²) in [5.74, 6) is 0.240. The van der Waals surface area contributed by atoms with Crippen LogP contribution in [0.2, 0.25) is 0 Å². The highest BCUT2D eigenvalue weighted by molar-refractivity contribution is 9.10. The number of para-hydroxylation sites is 1. The molecule has 0 N–H and O–H groups in total. The van der Waals surface area contributed by atoms with E-state index in [0.29, 0.717) is 35.3 Å². The molecule has 4 rings (SSSR count). The van der Waals surface area contributed by atoms with E-state index < -0.39 is 0 Å². The van der Waals surface area contributed by atoms with Crippen molar-refractivity contribution < 1.29 is 9.18 Å². The molecule has 1 aliphatic carbocycles. The standard InChI is InChI=1S/C23H23BrFN3O2/c1-2-27(14-15-13-16(24)7-10-19(15)25)22(29)12-11-21-26-20-6-4-3-5-18(20)23(30)28(21)17-8-9-17/h3-7,10,13,17H,2,8-9,11-12,14H2,1H3. The van der Waals surface area contributed by atoms with Gasteiger partial charge in [-0.3, -0.25) is 14.2 Å². The molecule has 1 aromatic heterocycles. The zero-order valence-electron chi connectivity index (χ0n) is 16.8. The number of halogens is 2. The number of nitrogens with zero attached hydrogens (tertiary/aromatic N) is 3. The molecule has 1 fully saturated rings. The van der Waals surface area contributed by atoms with Gasteiger partial charge in [0.2, 0.25) is 5.91 Å². The number of hydrogen-bond acceptors (Lipinski definition) is 3. The SMILES string of the molecule is CCN(Cc1cc(Br)ccc1F)C(=O)CCc1nc2ccccc2c(=O)n1C1CC1. The second kappa shape index (κ2) is 8.68. The Bertz CT molecular complexity index is 1160. The molecule has 0 bridgehead atoms. The molecule has 7 heteroatoms. The number of aromatic nitrogens is 2. The van der Waals surface area contributed by atoms with Crippen LogP contribution in [0.5, 0.6) is 0 Å². The van der Waals surface area contributed by atoms with E-state index in [4.69, 9.17) is 4.98 Å². The molecular weight excluding hydrogens is 449 g/mol. The summed E-state index contributed by atoms with van der Waals surface area (Å²) in [7, 11) is 0. The highest BCUT2D eigenvalue weighted by atomic mass is 79.9. The van der Waals surface area contributed by atoms with Crippen molar-refractivity contribution in [1.82, 2.24) is 14.5 Å². The van der Waals surface area contributed by atoms with E-state index in [1.165, 1.54) is 6.07 Å². The molecule has 0 atom stereocenters. The van der Waals surface area contributed by atoms with Crippen molar-refractivity contribution in [3.63, 3.8) is 0 Å². The van der Waals surface area contributed by atoms with E-state index in [-0.39, 0.29) is 36.3 Å². The summed E-state index contributed by atoms with van der Waals surface area (Å²) in [6.45, 7) is 2.56. The maximum Gasteiger partial charge on any atom is 0.261 e. The number of aryl methyl sites for hydroxylation is 1. The summed E-state index contributed by atoms with van der Waals surface area (Å²) in [6, 6.07) is 12.2. The van der Waals surface area contributed by atoms with Gasteiger partial charge in [-0.25, -0.2) is 9.37 Å². The van der Waals surface area contributed by atoms with Crippen LogP contribution < -0.4 is 5.56 Å². The van der Waals surface area contributed by atoms with Gasteiger partial charge in [0.05, 0.1) is 10.9 Å². The maximum absolute atomic E-state index is 14.1. The molecule has 3 aromatic rings. The van der Waals surface area contributed by atoms with Crippen molar-refractivity contribution in [3.05, 3.63) is 74.5 Å². The fourth-order valence-corrected chi connectivity index (χ4v) is 4.11. The van der Waals surface area contributed by atoms with Crippen LogP contribution in [0.15, 0.2) is 51.7 Å². The zero-order chi connectivity index (χ0) is 21.3. The topological polar surface area (TPSA) is 55.2 Å². The average molecular weight is 472 g/mol. The Hall–Kier alpha value is -2.54. The molecule has 30 heavy (non-hydrogen) atoms. The van der Waals surface area contributed by atoms with Crippen LogP contribution in [0, 0.1) is 5.82 Å². The van der Waals surface area contributed by atoms with E-state index in [1.807, 2.05) is 25.1 Å². The normalized spacial score (nSPS) is 13.6. The maximum atomic E-state index is 14.1. The minimum Gasteiger partial charge on any atom is -0.339 e. The first-order valence-corrected chi connectivity index (χ1v) is 11.0. The van der Waals surface area contributed by atoms with Crippen LogP contribution in [0.1, 0.15) is 43.6 Å². The third kappa shape index (κ3) is 4.31. The number of carbonyl (C=O) groups excluding carboxylic acids is 1. The molecule has 0 radical (unpaired) electrons. The molecule has 1 amide bonds. The number of amides is 1. The molecule has 5 nitrogen and oxygen atoms in total. The van der Waals surface area contributed by atoms with Gasteiger partial charge in [-0.2, -0.15) is 0 Å². The van der Waals surface area contributed by atoms with E-state index in [9.17, 15) is 14.0 Å². The lowest BCUT2D eigenvalue weighted by Gasteiger charge is -2.22. The van der Waals surface area contributed by atoms with E-state index in [1.54, 1.807) is 27.7 Å². The van der Waals surface area contributed by atoms with Crippen LogP contribution in [0.3, 0.4) is 0 Å². The van der Waals surface area contributed by atoms with Crippen LogP contribution >= 0.6 is 15.9 Å². The second-order valence-corrected chi connectivity index (χ2v) is 8.51. The first-order valence-electron chi connectivity index (χ1n) is 10.2. The average Bonchev–Trinajstić information content (AvgIpc) is 3.57. The molecule has 0 spiro atoms. The molecule has 1 saturated carbocycles. The van der Waals surface area contributed by atoms with Gasteiger partial charge in [-0.1, -0.05) is 28.1 Å². The third-order valence-corrected chi connectivity index (χ3v) is 5.95. The van der Waals surface area contributed by atoms with Gasteiger partial charge in [-0.15, -0.1) is 0 Å². The minimum atomic E-state index is -0.330. The Morgan fingerprint density at radius 3 is 2.77 bits per heavy atom. The Balaban J connectivity index is 1.54. The highest BCUT2D eigenvalue weighted by Crippen LogP contribution is 2.35. The first-order chi connectivity index (χ1) is 14.5. The lowest BCUT2D eigenvalue weighted by atomic mass is 10.1. The van der Waals surface area contributed by atoms with Gasteiger partial charge in [0, 0.05) is 42.0 Å². The first kappa shape index (κ1) is 20.7. The molecule has 0 unspecified atom stereocenters. The van der Waals surface area contributed by atoms with Crippen molar-refractivity contribution in [2.45, 2.75) is 45.2 Å². The van der Waals surface area contributed by atoms with E-state index >= 15 is 0 Å². The fourth-order valence-electron chi connectivity index (χ4n) is 3.70. The van der Waals surface area contributed by atoms with Crippen molar-refractivity contribution in [3.8, 4) is 0 Å². The molecule has 0 aliphatic heterocycles. The largest absolute Gasteiger partial charge is 0.339 e. The van der Waals surface area contributed by atoms with Gasteiger partial charge in [0.1, 0.15) is 11.6 Å². The molecule has 2 aromatic carbocycles. The number of benzene rings is 2. The van der Waals surface area contributed by atoms with Gasteiger partial charge < -0.3 is 4.90 Å². The summed E-state index contributed by atoms with van der Waals surface area (Å²) >= 11 is 3.35. The number of carbonyl (C=O) groups is 1. The molecule has 1 heterocycles. The molecular formula is C23H23BrFN3O2. The Morgan fingerprint density at radius 1 is 1.27 bits per heavy atom. The Kier molecular flexibility index (Phi) is 5.99. The molecule has 0 saturated heterocycles. The summed E-state index contributed by atoms with van der Waals surface area (Å²) in [6.07, 6.45) is 2.53. The Morgan fingerprint density at radius 2 is 2.03 bits per heavy atom. The van der Waals surface area contributed by atoms with Gasteiger partial charge in [-0.05, 0) is 50.1 Å². The quantitative estimate of drug-likeness (QED) is 0.505. The van der Waals surface area contributed by atoms with Gasteiger partial charge in [0.15, 0.2) is 0 Å². The summed E-state index contributed by atoms with van der Waals surface area (Å²) in [4.78, 5) is 32.1. The van der Waals surface area contributed by atoms with Gasteiger partial charge in [0.25, 0.3) is 5.56 Å². The van der Waals surface area contributed by atoms with Crippen molar-refractivity contribution in [2.75, 3.05) is 6.54 Å². The Labute approximate surface area is 182 Å². The fraction of sp³-hybridized carbons (Fsp3) is 0.348. The second-order valence-electron chi connectivity index (χ2n) is 7.60. The van der Waals surface area contributed by atoms with Gasteiger partial charge >= 0.3 is 0 Å². The minimum absolute atomic E-state index is 0.0332. The molecule has 156 valence electrons. The predicted octanol–water partition coefficient (Wildman–Crippen LogP) is 4.61. The molecule has 1 aliphatic rings. The van der Waals surface area contributed by atoms with Crippen LogP contribution in [-0.2, 0) is 17.8 Å². The summed E-state index contributed by atoms with van der Waals surface area (Å²) in [5, 5.41) is 0.611. The lowest BCUT2D eigenvalue weighted by molar-refractivity contribution is -0.131. The van der Waals surface area contributed by atoms with Crippen LogP contribution in [0.4, 0.5) is 4.39 Å². The highest BCUT2D eigenvalue weighted by Gasteiger charge is 2.28. The van der Waals surface area contributed by atoms with E-state index in [2.05, 4.69) is 15.9 Å². The number of fused-ring (bicyclic) bond motifs is 1. The zero-order valence-corrected chi connectivity index (χ0v) is 18.4. The number of rotatable bonds is 7. The lowest BCUT2D eigenvalue weighted by Crippen LogP contribution is -2.32. The van der Waals surface area contributed by atoms with Crippen molar-refractivity contribution >= 4 is 32.7 Å². The van der Waals surface area contributed by atoms with Crippen molar-refractivity contribution in [1.29, 1.82) is 0 Å². The smallest absolute Gasteiger partial charge is 0.261 e. The van der Waals surface area contributed by atoms with Crippen LogP contribution in [-0.4, -0.2) is 26.9 Å². The van der Waals surface area contributed by atoms with Crippen molar-refractivity contribution in [2.24, 2.45) is 0 Å². The monoisotopic (exact) mass is 471 g/mol. The summed E-state index contributed by atoms with van der Waals surface area (Å²) < 4.78 is 16.7. The predicted molar refractivity (Wildman–Crippen MR) is 118 cm³/mol. The van der Waals surface area contributed by atoms with E-state index in [0.717, 1.165) is 17.3 Å².